The van der Waals surface area contributed by atoms with Crippen molar-refractivity contribution in [1.82, 2.24) is 0 Å². The molecule has 0 bridgehead atoms. The molecular weight excluding hydrogens is 226 g/mol. The van der Waals surface area contributed by atoms with E-state index in [9.17, 15) is 0 Å². The Morgan fingerprint density at radius 3 is 2.17 bits per heavy atom. The van der Waals surface area contributed by atoms with Crippen molar-refractivity contribution in [1.29, 1.82) is 0 Å². The third kappa shape index (κ3) is 3.71. The number of para-hydroxylation sites is 1. The molecule has 0 heterocycles. The smallest absolute Gasteiger partial charge is 0.257 e. The molecule has 3 N–H and O–H groups in total. The predicted molar refractivity (Wildman–Crippen MR) is 72.6 cm³/mol. The van der Waals surface area contributed by atoms with Gasteiger partial charge in [0.05, 0.1) is 11.4 Å². The summed E-state index contributed by atoms with van der Waals surface area (Å²) in [5.74, 6) is 0.0720. The van der Waals surface area contributed by atoms with Crippen LogP contribution in [0.15, 0.2) is 76.0 Å². The number of rotatable bonds is 3. The summed E-state index contributed by atoms with van der Waals surface area (Å²) < 4.78 is 0. The molecule has 90 valence electrons. The molecular formula is C13H13N5. The standard InChI is InChI=1S/C13H13N5/c14-13(17-15-11-7-3-1-4-8-11)18-16-12-9-5-2-6-10-12/h1-10,15H,(H2,14,17)/b18-16-. The summed E-state index contributed by atoms with van der Waals surface area (Å²) in [6.45, 7) is 0. The van der Waals surface area contributed by atoms with Gasteiger partial charge in [-0.2, -0.15) is 0 Å². The normalized spacial score (nSPS) is 11.7. The van der Waals surface area contributed by atoms with E-state index in [4.69, 9.17) is 5.73 Å². The molecule has 0 amide bonds. The Morgan fingerprint density at radius 2 is 1.50 bits per heavy atom. The SMILES string of the molecule is NC(/N=N\c1ccccc1)=N\Nc1ccccc1. The van der Waals surface area contributed by atoms with Gasteiger partial charge < -0.3 is 5.73 Å². The van der Waals surface area contributed by atoms with Crippen LogP contribution in [0.4, 0.5) is 11.4 Å². The molecule has 2 aromatic rings. The van der Waals surface area contributed by atoms with Crippen molar-refractivity contribution in [2.45, 2.75) is 0 Å². The molecule has 0 saturated heterocycles. The Kier molecular flexibility index (Phi) is 4.02. The lowest BCUT2D eigenvalue weighted by Crippen LogP contribution is -2.09. The Morgan fingerprint density at radius 1 is 0.889 bits per heavy atom. The first-order valence-corrected chi connectivity index (χ1v) is 5.45. The molecule has 0 aliphatic heterocycles. The minimum atomic E-state index is 0.0720. The van der Waals surface area contributed by atoms with E-state index in [1.54, 1.807) is 0 Å². The molecule has 0 saturated carbocycles. The van der Waals surface area contributed by atoms with Crippen LogP contribution in [0.1, 0.15) is 0 Å². The molecule has 2 rings (SSSR count). The Balaban J connectivity index is 1.96. The summed E-state index contributed by atoms with van der Waals surface area (Å²) in [6, 6.07) is 18.8. The molecule has 18 heavy (non-hydrogen) atoms. The third-order valence-electron chi connectivity index (χ3n) is 2.10. The topological polar surface area (TPSA) is 75.1 Å². The van der Waals surface area contributed by atoms with Gasteiger partial charge in [0, 0.05) is 0 Å². The second-order valence-corrected chi connectivity index (χ2v) is 3.48. The molecule has 0 unspecified atom stereocenters. The van der Waals surface area contributed by atoms with Crippen LogP contribution in [0.5, 0.6) is 0 Å². The number of anilines is 1. The average Bonchev–Trinajstić information content (AvgIpc) is 2.45. The molecule has 0 radical (unpaired) electrons. The van der Waals surface area contributed by atoms with Gasteiger partial charge in [-0.05, 0) is 24.3 Å². The third-order valence-corrected chi connectivity index (χ3v) is 2.10. The van der Waals surface area contributed by atoms with E-state index in [1.807, 2.05) is 60.7 Å². The molecule has 5 nitrogen and oxygen atoms in total. The Labute approximate surface area is 105 Å². The number of hydrogen-bond donors (Lipinski definition) is 2. The minimum absolute atomic E-state index is 0.0720. The first-order valence-electron chi connectivity index (χ1n) is 5.45. The Bertz CT molecular complexity index is 534. The zero-order valence-corrected chi connectivity index (χ0v) is 9.69. The van der Waals surface area contributed by atoms with Gasteiger partial charge in [0.2, 0.25) is 0 Å². The van der Waals surface area contributed by atoms with Crippen LogP contribution in [0.25, 0.3) is 0 Å². The fourth-order valence-electron chi connectivity index (χ4n) is 1.26. The first-order chi connectivity index (χ1) is 8.84. The highest BCUT2D eigenvalue weighted by Crippen LogP contribution is 2.10. The van der Waals surface area contributed by atoms with Crippen molar-refractivity contribution in [2.75, 3.05) is 5.43 Å². The fraction of sp³-hybridized carbons (Fsp3) is 0. The van der Waals surface area contributed by atoms with E-state index in [0.29, 0.717) is 0 Å². The van der Waals surface area contributed by atoms with Crippen LogP contribution in [-0.4, -0.2) is 5.96 Å². The van der Waals surface area contributed by atoms with Crippen molar-refractivity contribution in [3.63, 3.8) is 0 Å². The highest BCUT2D eigenvalue weighted by atomic mass is 15.4. The summed E-state index contributed by atoms with van der Waals surface area (Å²) in [7, 11) is 0. The molecule has 0 atom stereocenters. The van der Waals surface area contributed by atoms with Gasteiger partial charge in [0.25, 0.3) is 5.96 Å². The molecule has 0 aliphatic rings. The highest BCUT2D eigenvalue weighted by Gasteiger charge is 1.90. The van der Waals surface area contributed by atoms with E-state index in [-0.39, 0.29) is 5.96 Å². The number of nitrogens with zero attached hydrogens (tertiary/aromatic N) is 3. The number of hydrazone groups is 1. The van der Waals surface area contributed by atoms with E-state index in [1.165, 1.54) is 0 Å². The number of benzene rings is 2. The fourth-order valence-corrected chi connectivity index (χ4v) is 1.26. The second-order valence-electron chi connectivity index (χ2n) is 3.48. The van der Waals surface area contributed by atoms with Crippen LogP contribution in [0, 0.1) is 0 Å². The number of nitrogens with one attached hydrogen (secondary N) is 1. The van der Waals surface area contributed by atoms with Crippen LogP contribution in [0.2, 0.25) is 0 Å². The van der Waals surface area contributed by atoms with E-state index < -0.39 is 0 Å². The van der Waals surface area contributed by atoms with Crippen molar-refractivity contribution >= 4 is 17.3 Å². The Hall–Kier alpha value is -2.69. The van der Waals surface area contributed by atoms with Gasteiger partial charge in [0.15, 0.2) is 0 Å². The molecule has 2 aromatic carbocycles. The molecule has 5 heteroatoms. The van der Waals surface area contributed by atoms with Gasteiger partial charge >= 0.3 is 0 Å². The summed E-state index contributed by atoms with van der Waals surface area (Å²) in [6.07, 6.45) is 0. The summed E-state index contributed by atoms with van der Waals surface area (Å²) in [5, 5.41) is 11.6. The van der Waals surface area contributed by atoms with E-state index >= 15 is 0 Å². The van der Waals surface area contributed by atoms with Gasteiger partial charge in [-0.15, -0.1) is 15.3 Å². The lowest BCUT2D eigenvalue weighted by molar-refractivity contribution is 1.20. The first kappa shape index (κ1) is 11.8. The monoisotopic (exact) mass is 239 g/mol. The van der Waals surface area contributed by atoms with E-state index in [0.717, 1.165) is 11.4 Å². The van der Waals surface area contributed by atoms with Gasteiger partial charge in [0.1, 0.15) is 0 Å². The van der Waals surface area contributed by atoms with Crippen LogP contribution < -0.4 is 11.2 Å². The zero-order chi connectivity index (χ0) is 12.6. The number of azo groups is 1. The molecule has 0 aliphatic carbocycles. The lowest BCUT2D eigenvalue weighted by atomic mass is 10.3. The second kappa shape index (κ2) is 6.15. The molecule has 0 fully saturated rings. The van der Waals surface area contributed by atoms with Crippen molar-refractivity contribution < 1.29 is 0 Å². The van der Waals surface area contributed by atoms with Gasteiger partial charge in [-0.25, -0.2) is 0 Å². The molecule has 0 aromatic heterocycles. The average molecular weight is 239 g/mol. The van der Waals surface area contributed by atoms with Crippen LogP contribution in [-0.2, 0) is 0 Å². The quantitative estimate of drug-likeness (QED) is 0.373. The predicted octanol–water partition coefficient (Wildman–Crippen LogP) is 3.11. The number of hydrogen-bond acceptors (Lipinski definition) is 3. The minimum Gasteiger partial charge on any atom is -0.365 e. The van der Waals surface area contributed by atoms with Crippen LogP contribution >= 0.6 is 0 Å². The van der Waals surface area contributed by atoms with E-state index in [2.05, 4.69) is 20.8 Å². The largest absolute Gasteiger partial charge is 0.365 e. The zero-order valence-electron chi connectivity index (χ0n) is 9.69. The maximum absolute atomic E-state index is 5.60. The molecule has 0 spiro atoms. The highest BCUT2D eigenvalue weighted by molar-refractivity contribution is 5.79. The number of nitrogens with two attached hydrogens (primary N) is 1. The van der Waals surface area contributed by atoms with Gasteiger partial charge in [-0.1, -0.05) is 36.4 Å². The lowest BCUT2D eigenvalue weighted by Gasteiger charge is -1.98. The van der Waals surface area contributed by atoms with Gasteiger partial charge in [-0.3, -0.25) is 5.43 Å². The summed E-state index contributed by atoms with van der Waals surface area (Å²) >= 11 is 0. The van der Waals surface area contributed by atoms with Crippen molar-refractivity contribution in [3.05, 3.63) is 60.7 Å². The summed E-state index contributed by atoms with van der Waals surface area (Å²) in [4.78, 5) is 0. The summed E-state index contributed by atoms with van der Waals surface area (Å²) in [5.41, 5.74) is 9.96. The van der Waals surface area contributed by atoms with Crippen LogP contribution in [0.3, 0.4) is 0 Å². The number of guanidine groups is 1. The van der Waals surface area contributed by atoms with Crippen molar-refractivity contribution in [2.24, 2.45) is 21.1 Å². The van der Waals surface area contributed by atoms with Crippen molar-refractivity contribution in [3.8, 4) is 0 Å². The maximum Gasteiger partial charge on any atom is 0.257 e. The maximum atomic E-state index is 5.60.